The van der Waals surface area contributed by atoms with E-state index in [1.165, 1.54) is 6.07 Å². The predicted molar refractivity (Wildman–Crippen MR) is 78.2 cm³/mol. The van der Waals surface area contributed by atoms with Gasteiger partial charge >= 0.3 is 0 Å². The Bertz CT molecular complexity index is 623. The minimum Gasteiger partial charge on any atom is -0.496 e. The summed E-state index contributed by atoms with van der Waals surface area (Å²) < 4.78 is 8.76. The maximum Gasteiger partial charge on any atom is 0.250 e. The van der Waals surface area contributed by atoms with E-state index in [2.05, 4.69) is 31.9 Å². The lowest BCUT2D eigenvalue weighted by molar-refractivity contribution is 0.408. The average molecular weight is 373 g/mol. The summed E-state index contributed by atoms with van der Waals surface area (Å²) in [6, 6.07) is 9.01. The molecule has 1 heterocycles. The summed E-state index contributed by atoms with van der Waals surface area (Å²) >= 11 is 6.78. The number of halogens is 2. The lowest BCUT2D eigenvalue weighted by Crippen LogP contribution is -2.19. The van der Waals surface area contributed by atoms with Crippen LogP contribution in [0.2, 0.25) is 0 Å². The monoisotopic (exact) mass is 371 g/mol. The smallest absolute Gasteiger partial charge is 0.250 e. The number of aromatic nitrogens is 1. The molecule has 0 aliphatic carbocycles. The van der Waals surface area contributed by atoms with Crippen LogP contribution in [0.15, 0.2) is 50.3 Å². The van der Waals surface area contributed by atoms with Gasteiger partial charge in [0, 0.05) is 26.8 Å². The third-order valence-corrected chi connectivity index (χ3v) is 3.49. The molecule has 0 radical (unpaired) electrons. The van der Waals surface area contributed by atoms with Crippen molar-refractivity contribution in [3.05, 3.63) is 61.4 Å². The number of ether oxygens (including phenoxy) is 1. The second-order valence-electron chi connectivity index (χ2n) is 3.77. The van der Waals surface area contributed by atoms with E-state index >= 15 is 0 Å². The molecule has 1 aromatic carbocycles. The van der Waals surface area contributed by atoms with Crippen LogP contribution in [-0.2, 0) is 6.54 Å². The fourth-order valence-electron chi connectivity index (χ4n) is 1.68. The molecule has 94 valence electrons. The molecule has 0 atom stereocenters. The van der Waals surface area contributed by atoms with Gasteiger partial charge in [-0.05, 0) is 40.2 Å². The number of nitrogens with zero attached hydrogens (tertiary/aromatic N) is 1. The van der Waals surface area contributed by atoms with Crippen LogP contribution in [-0.4, -0.2) is 11.7 Å². The summed E-state index contributed by atoms with van der Waals surface area (Å²) in [6.07, 6.45) is 1.77. The fraction of sp³-hybridized carbons (Fsp3) is 0.154. The van der Waals surface area contributed by atoms with E-state index < -0.39 is 0 Å². The number of benzene rings is 1. The maximum absolute atomic E-state index is 11.7. The zero-order chi connectivity index (χ0) is 13.1. The van der Waals surface area contributed by atoms with Crippen molar-refractivity contribution < 1.29 is 4.74 Å². The van der Waals surface area contributed by atoms with E-state index in [4.69, 9.17) is 4.74 Å². The Morgan fingerprint density at radius 3 is 2.61 bits per heavy atom. The van der Waals surface area contributed by atoms with Crippen LogP contribution in [0.25, 0.3) is 0 Å². The zero-order valence-electron chi connectivity index (χ0n) is 9.69. The molecule has 0 N–H and O–H groups in total. The summed E-state index contributed by atoms with van der Waals surface area (Å²) in [5, 5.41) is 0. The molecular weight excluding hydrogens is 362 g/mol. The first-order valence-corrected chi connectivity index (χ1v) is 6.87. The molecule has 18 heavy (non-hydrogen) atoms. The Labute approximate surface area is 122 Å². The van der Waals surface area contributed by atoms with Crippen molar-refractivity contribution in [1.82, 2.24) is 4.57 Å². The van der Waals surface area contributed by atoms with Crippen LogP contribution in [0.5, 0.6) is 5.75 Å². The second-order valence-corrected chi connectivity index (χ2v) is 5.60. The molecule has 0 aliphatic heterocycles. The third kappa shape index (κ3) is 3.03. The van der Waals surface area contributed by atoms with Crippen molar-refractivity contribution in [2.24, 2.45) is 0 Å². The first-order valence-electron chi connectivity index (χ1n) is 5.28. The van der Waals surface area contributed by atoms with Gasteiger partial charge in [-0.1, -0.05) is 15.9 Å². The summed E-state index contributed by atoms with van der Waals surface area (Å²) in [4.78, 5) is 11.7. The van der Waals surface area contributed by atoms with Crippen molar-refractivity contribution >= 4 is 31.9 Å². The number of pyridine rings is 1. The molecule has 1 aromatic heterocycles. The Balaban J connectivity index is 2.42. The van der Waals surface area contributed by atoms with Gasteiger partial charge < -0.3 is 9.30 Å². The number of hydrogen-bond donors (Lipinski definition) is 0. The van der Waals surface area contributed by atoms with Gasteiger partial charge in [-0.2, -0.15) is 0 Å². The highest BCUT2D eigenvalue weighted by atomic mass is 79.9. The SMILES string of the molecule is COc1ccc(Br)cc1Cn1cc(Br)ccc1=O. The van der Waals surface area contributed by atoms with Crippen LogP contribution in [0.3, 0.4) is 0 Å². The largest absolute Gasteiger partial charge is 0.496 e. The molecule has 0 aliphatic rings. The van der Waals surface area contributed by atoms with Crippen LogP contribution in [0.1, 0.15) is 5.56 Å². The molecule has 0 unspecified atom stereocenters. The second kappa shape index (κ2) is 5.71. The molecule has 0 saturated carbocycles. The van der Waals surface area contributed by atoms with E-state index in [9.17, 15) is 4.79 Å². The van der Waals surface area contributed by atoms with Gasteiger partial charge in [0.2, 0.25) is 0 Å². The van der Waals surface area contributed by atoms with E-state index in [1.807, 2.05) is 18.2 Å². The van der Waals surface area contributed by atoms with Gasteiger partial charge in [-0.15, -0.1) is 0 Å². The number of rotatable bonds is 3. The number of hydrogen-bond acceptors (Lipinski definition) is 2. The topological polar surface area (TPSA) is 31.2 Å². The van der Waals surface area contributed by atoms with E-state index in [1.54, 1.807) is 23.9 Å². The van der Waals surface area contributed by atoms with Gasteiger partial charge in [0.05, 0.1) is 13.7 Å². The molecule has 0 spiro atoms. The van der Waals surface area contributed by atoms with Crippen LogP contribution < -0.4 is 10.3 Å². The zero-order valence-corrected chi connectivity index (χ0v) is 12.9. The minimum atomic E-state index is -0.0415. The summed E-state index contributed by atoms with van der Waals surface area (Å²) in [5.41, 5.74) is 0.910. The Morgan fingerprint density at radius 2 is 1.89 bits per heavy atom. The van der Waals surface area contributed by atoms with Gasteiger partial charge in [0.15, 0.2) is 0 Å². The van der Waals surface area contributed by atoms with E-state index in [-0.39, 0.29) is 5.56 Å². The molecule has 3 nitrogen and oxygen atoms in total. The number of methoxy groups -OCH3 is 1. The molecule has 0 bridgehead atoms. The van der Waals surface area contributed by atoms with Crippen molar-refractivity contribution in [2.75, 3.05) is 7.11 Å². The van der Waals surface area contributed by atoms with Crippen molar-refractivity contribution in [1.29, 1.82) is 0 Å². The summed E-state index contributed by atoms with van der Waals surface area (Å²) in [6.45, 7) is 0.473. The lowest BCUT2D eigenvalue weighted by Gasteiger charge is -2.11. The Hall–Kier alpha value is -1.07. The van der Waals surface area contributed by atoms with Gasteiger partial charge in [-0.25, -0.2) is 0 Å². The van der Waals surface area contributed by atoms with Crippen molar-refractivity contribution in [2.45, 2.75) is 6.54 Å². The Kier molecular flexibility index (Phi) is 4.24. The summed E-state index contributed by atoms with van der Waals surface area (Å²) in [5.74, 6) is 0.769. The Morgan fingerprint density at radius 1 is 1.17 bits per heavy atom. The molecular formula is C13H11Br2NO2. The first-order chi connectivity index (χ1) is 8.60. The highest BCUT2D eigenvalue weighted by Crippen LogP contribution is 2.23. The molecule has 0 amide bonds. The van der Waals surface area contributed by atoms with Crippen LogP contribution >= 0.6 is 31.9 Å². The normalized spacial score (nSPS) is 10.4. The summed E-state index contributed by atoms with van der Waals surface area (Å²) in [7, 11) is 1.62. The average Bonchev–Trinajstić information content (AvgIpc) is 2.34. The molecule has 0 fully saturated rings. The van der Waals surface area contributed by atoms with E-state index in [0.717, 1.165) is 20.3 Å². The fourth-order valence-corrected chi connectivity index (χ4v) is 2.47. The highest BCUT2D eigenvalue weighted by Gasteiger charge is 2.06. The van der Waals surface area contributed by atoms with Crippen molar-refractivity contribution in [3.8, 4) is 5.75 Å². The quantitative estimate of drug-likeness (QED) is 0.826. The van der Waals surface area contributed by atoms with Gasteiger partial charge in [-0.3, -0.25) is 4.79 Å². The maximum atomic E-state index is 11.7. The molecule has 2 aromatic rings. The van der Waals surface area contributed by atoms with Gasteiger partial charge in [0.25, 0.3) is 5.56 Å². The van der Waals surface area contributed by atoms with Crippen LogP contribution in [0.4, 0.5) is 0 Å². The van der Waals surface area contributed by atoms with Crippen LogP contribution in [0, 0.1) is 0 Å². The minimum absolute atomic E-state index is 0.0415. The van der Waals surface area contributed by atoms with Crippen molar-refractivity contribution in [3.63, 3.8) is 0 Å². The molecule has 0 saturated heterocycles. The first kappa shape index (κ1) is 13.4. The standard InChI is InChI=1S/C13H11Br2NO2/c1-18-12-4-2-10(14)6-9(12)7-16-8-11(15)3-5-13(16)17/h2-6,8H,7H2,1H3. The highest BCUT2D eigenvalue weighted by molar-refractivity contribution is 9.10. The van der Waals surface area contributed by atoms with Gasteiger partial charge in [0.1, 0.15) is 5.75 Å². The molecule has 2 rings (SSSR count). The third-order valence-electron chi connectivity index (χ3n) is 2.53. The lowest BCUT2D eigenvalue weighted by atomic mass is 10.2. The van der Waals surface area contributed by atoms with E-state index in [0.29, 0.717) is 6.54 Å². The molecule has 5 heteroatoms. The predicted octanol–water partition coefficient (Wildman–Crippen LogP) is 3.43.